The second-order valence-corrected chi connectivity index (χ2v) is 11.9. The van der Waals surface area contributed by atoms with E-state index in [1.54, 1.807) is 11.3 Å². The summed E-state index contributed by atoms with van der Waals surface area (Å²) in [6, 6.07) is 7.48. The molecule has 5 fully saturated rings. The lowest BCUT2D eigenvalue weighted by Crippen LogP contribution is -2.47. The fourth-order valence-electron chi connectivity index (χ4n) is 6.80. The lowest BCUT2D eigenvalue weighted by molar-refractivity contribution is -0.00522. The highest BCUT2D eigenvalue weighted by Gasteiger charge is 2.45. The van der Waals surface area contributed by atoms with Gasteiger partial charge in [-0.3, -0.25) is 4.90 Å². The molecule has 1 spiro atoms. The summed E-state index contributed by atoms with van der Waals surface area (Å²) in [5, 5.41) is 0. The maximum absolute atomic E-state index is 6.02. The SMILES string of the molecule is C[C@@H]1CN(c2ccc(N3CCN(CC4CC4)CC3)c(C3CCC4(CC3)CC4)c2)C[C@H](C)O1. The predicted octanol–water partition coefficient (Wildman–Crippen LogP) is 5.27. The molecule has 1 aromatic rings. The average Bonchev–Trinajstić information content (AvgIpc) is 3.73. The Hall–Kier alpha value is -1.26. The van der Waals surface area contributed by atoms with Crippen molar-refractivity contribution in [2.24, 2.45) is 11.3 Å². The normalized spacial score (nSPS) is 31.3. The van der Waals surface area contributed by atoms with Crippen molar-refractivity contribution in [2.75, 3.05) is 55.6 Å². The predicted molar refractivity (Wildman–Crippen MR) is 133 cm³/mol. The van der Waals surface area contributed by atoms with E-state index in [-0.39, 0.29) is 0 Å². The molecule has 32 heavy (non-hydrogen) atoms. The monoisotopic (exact) mass is 437 g/mol. The van der Waals surface area contributed by atoms with Gasteiger partial charge in [-0.05, 0) is 106 Å². The summed E-state index contributed by atoms with van der Waals surface area (Å²) in [7, 11) is 0. The zero-order chi connectivity index (χ0) is 21.7. The summed E-state index contributed by atoms with van der Waals surface area (Å²) in [5.41, 5.74) is 5.38. The molecule has 0 unspecified atom stereocenters. The molecule has 176 valence electrons. The van der Waals surface area contributed by atoms with Crippen LogP contribution in [0.3, 0.4) is 0 Å². The van der Waals surface area contributed by atoms with Crippen LogP contribution >= 0.6 is 0 Å². The van der Waals surface area contributed by atoms with Crippen LogP contribution in [0.1, 0.15) is 76.7 Å². The molecule has 4 nitrogen and oxygen atoms in total. The van der Waals surface area contributed by atoms with Crippen LogP contribution in [0.25, 0.3) is 0 Å². The molecule has 1 aromatic carbocycles. The number of rotatable bonds is 5. The van der Waals surface area contributed by atoms with Crippen LogP contribution in [0.5, 0.6) is 0 Å². The quantitative estimate of drug-likeness (QED) is 0.625. The van der Waals surface area contributed by atoms with E-state index in [1.807, 2.05) is 0 Å². The Labute approximate surface area is 195 Å². The van der Waals surface area contributed by atoms with E-state index in [2.05, 4.69) is 46.7 Å². The van der Waals surface area contributed by atoms with E-state index in [9.17, 15) is 0 Å². The maximum Gasteiger partial charge on any atom is 0.0726 e. The standard InChI is InChI=1S/C28H43N3O/c1-21-18-31(19-22(2)32-21)25-5-6-27(30-15-13-29(14-16-30)20-23-3-4-23)26(17-25)24-7-9-28(10-8-24)11-12-28/h5-6,17,21-24H,3-4,7-16,18-20H2,1-2H3/t21-,22+. The topological polar surface area (TPSA) is 19.0 Å². The van der Waals surface area contributed by atoms with Crippen LogP contribution in [0, 0.1) is 11.3 Å². The van der Waals surface area contributed by atoms with Crippen LogP contribution in [-0.4, -0.2) is 62.9 Å². The third-order valence-corrected chi connectivity index (χ3v) is 9.17. The fourth-order valence-corrected chi connectivity index (χ4v) is 6.80. The number of hydrogen-bond donors (Lipinski definition) is 0. The van der Waals surface area contributed by atoms with E-state index in [0.717, 1.165) is 30.3 Å². The fraction of sp³-hybridized carbons (Fsp3) is 0.786. The molecule has 2 aliphatic heterocycles. The van der Waals surface area contributed by atoms with Crippen LogP contribution < -0.4 is 9.80 Å². The zero-order valence-electron chi connectivity index (χ0n) is 20.4. The van der Waals surface area contributed by atoms with Crippen LogP contribution in [-0.2, 0) is 4.74 Å². The molecule has 0 amide bonds. The Kier molecular flexibility index (Phi) is 5.66. The number of nitrogens with zero attached hydrogens (tertiary/aromatic N) is 3. The molecular formula is C28H43N3O. The Bertz CT molecular complexity index is 789. The highest BCUT2D eigenvalue weighted by molar-refractivity contribution is 5.64. The van der Waals surface area contributed by atoms with E-state index in [1.165, 1.54) is 89.8 Å². The van der Waals surface area contributed by atoms with Crippen molar-refractivity contribution >= 4 is 11.4 Å². The number of ether oxygens (including phenoxy) is 1. The minimum atomic E-state index is 0.311. The Morgan fingerprint density at radius 2 is 1.53 bits per heavy atom. The van der Waals surface area contributed by atoms with Gasteiger partial charge in [-0.2, -0.15) is 0 Å². The third kappa shape index (κ3) is 4.55. The summed E-state index contributed by atoms with van der Waals surface area (Å²) >= 11 is 0. The molecule has 0 N–H and O–H groups in total. The number of morpholine rings is 1. The summed E-state index contributed by atoms with van der Waals surface area (Å²) in [4.78, 5) is 8.01. The first-order chi connectivity index (χ1) is 15.6. The highest BCUT2D eigenvalue weighted by atomic mass is 16.5. The molecule has 2 atom stereocenters. The smallest absolute Gasteiger partial charge is 0.0726 e. The highest BCUT2D eigenvalue weighted by Crippen LogP contribution is 2.59. The Morgan fingerprint density at radius 3 is 2.16 bits per heavy atom. The Morgan fingerprint density at radius 1 is 0.844 bits per heavy atom. The van der Waals surface area contributed by atoms with Gasteiger partial charge in [-0.25, -0.2) is 0 Å². The molecule has 3 saturated carbocycles. The van der Waals surface area contributed by atoms with Crippen molar-refractivity contribution in [1.82, 2.24) is 4.90 Å². The van der Waals surface area contributed by atoms with Crippen molar-refractivity contribution in [1.29, 1.82) is 0 Å². The van der Waals surface area contributed by atoms with Gasteiger partial charge >= 0.3 is 0 Å². The van der Waals surface area contributed by atoms with Crippen LogP contribution in [0.15, 0.2) is 18.2 Å². The van der Waals surface area contributed by atoms with Crippen LogP contribution in [0.4, 0.5) is 11.4 Å². The number of hydrogen-bond acceptors (Lipinski definition) is 4. The summed E-state index contributed by atoms with van der Waals surface area (Å²) in [5.74, 6) is 1.75. The lowest BCUT2D eigenvalue weighted by Gasteiger charge is -2.40. The lowest BCUT2D eigenvalue weighted by atomic mass is 9.76. The van der Waals surface area contributed by atoms with Gasteiger partial charge in [0.15, 0.2) is 0 Å². The molecule has 2 saturated heterocycles. The number of benzene rings is 1. The average molecular weight is 438 g/mol. The minimum absolute atomic E-state index is 0.311. The first-order valence-electron chi connectivity index (χ1n) is 13.6. The minimum Gasteiger partial charge on any atom is -0.372 e. The molecule has 4 heteroatoms. The maximum atomic E-state index is 6.02. The largest absolute Gasteiger partial charge is 0.372 e. The molecule has 0 radical (unpaired) electrons. The summed E-state index contributed by atoms with van der Waals surface area (Å²) < 4.78 is 6.02. The van der Waals surface area contributed by atoms with Crippen molar-refractivity contribution in [3.8, 4) is 0 Å². The summed E-state index contributed by atoms with van der Waals surface area (Å²) in [6.45, 7) is 12.7. The number of anilines is 2. The van der Waals surface area contributed by atoms with Gasteiger partial charge in [0.25, 0.3) is 0 Å². The first kappa shape index (κ1) is 21.3. The van der Waals surface area contributed by atoms with E-state index >= 15 is 0 Å². The van der Waals surface area contributed by atoms with Gasteiger partial charge in [0.1, 0.15) is 0 Å². The van der Waals surface area contributed by atoms with Gasteiger partial charge in [-0.15, -0.1) is 0 Å². The first-order valence-corrected chi connectivity index (χ1v) is 13.6. The second-order valence-electron chi connectivity index (χ2n) is 11.9. The van der Waals surface area contributed by atoms with E-state index in [4.69, 9.17) is 4.74 Å². The van der Waals surface area contributed by atoms with Gasteiger partial charge in [0, 0.05) is 57.2 Å². The molecule has 3 aliphatic carbocycles. The summed E-state index contributed by atoms with van der Waals surface area (Å²) in [6.07, 6.45) is 12.3. The Balaban J connectivity index is 1.23. The van der Waals surface area contributed by atoms with Gasteiger partial charge in [0.05, 0.1) is 12.2 Å². The van der Waals surface area contributed by atoms with Crippen molar-refractivity contribution in [2.45, 2.75) is 83.3 Å². The van der Waals surface area contributed by atoms with Crippen LogP contribution in [0.2, 0.25) is 0 Å². The van der Waals surface area contributed by atoms with Gasteiger partial charge in [-0.1, -0.05) is 0 Å². The molecule has 0 bridgehead atoms. The second kappa shape index (κ2) is 8.51. The van der Waals surface area contributed by atoms with Gasteiger partial charge in [0.2, 0.25) is 0 Å². The van der Waals surface area contributed by atoms with Gasteiger partial charge < -0.3 is 14.5 Å². The van der Waals surface area contributed by atoms with Crippen molar-refractivity contribution < 1.29 is 4.74 Å². The molecule has 5 aliphatic rings. The number of piperazine rings is 1. The molecule has 0 aromatic heterocycles. The van der Waals surface area contributed by atoms with E-state index < -0.39 is 0 Å². The third-order valence-electron chi connectivity index (χ3n) is 9.17. The molecule has 6 rings (SSSR count). The van der Waals surface area contributed by atoms with E-state index in [0.29, 0.717) is 12.2 Å². The van der Waals surface area contributed by atoms with Crippen molar-refractivity contribution in [3.05, 3.63) is 23.8 Å². The molecular weight excluding hydrogens is 394 g/mol. The zero-order valence-corrected chi connectivity index (χ0v) is 20.4. The molecule has 2 heterocycles. The van der Waals surface area contributed by atoms with Crippen molar-refractivity contribution in [3.63, 3.8) is 0 Å².